The molecule has 4 rings (SSSR count). The quantitative estimate of drug-likeness (QED) is 0.290. The first-order chi connectivity index (χ1) is 16.1. The fraction of sp³-hybridized carbons (Fsp3) is 0.160. The zero-order chi connectivity index (χ0) is 24.5. The van der Waals surface area contributed by atoms with Crippen LogP contribution in [-0.4, -0.2) is 21.2 Å². The SMILES string of the molecule is Cc1cc(C)cc(-n2c(SCC(=O)Nc3ccccc3C(F)(F)F)nc3ccccc3c2=O)c1. The Morgan fingerprint density at radius 1 is 1.00 bits per heavy atom. The van der Waals surface area contributed by atoms with E-state index in [0.29, 0.717) is 16.6 Å². The summed E-state index contributed by atoms with van der Waals surface area (Å²) in [6.45, 7) is 3.82. The summed E-state index contributed by atoms with van der Waals surface area (Å²) in [5.41, 5.74) is 1.44. The van der Waals surface area contributed by atoms with Crippen molar-refractivity contribution in [3.8, 4) is 5.69 Å². The maximum atomic E-state index is 13.3. The average Bonchev–Trinajstić information content (AvgIpc) is 2.77. The topological polar surface area (TPSA) is 64.0 Å². The van der Waals surface area contributed by atoms with E-state index in [-0.39, 0.29) is 22.2 Å². The van der Waals surface area contributed by atoms with Gasteiger partial charge in [-0.15, -0.1) is 0 Å². The number of carbonyl (C=O) groups excluding carboxylic acids is 1. The first-order valence-corrected chi connectivity index (χ1v) is 11.3. The van der Waals surface area contributed by atoms with Crippen molar-refractivity contribution >= 4 is 34.3 Å². The lowest BCUT2D eigenvalue weighted by Crippen LogP contribution is -2.23. The first kappa shape index (κ1) is 23.6. The van der Waals surface area contributed by atoms with Crippen LogP contribution in [0, 0.1) is 13.8 Å². The lowest BCUT2D eigenvalue weighted by atomic mass is 10.1. The molecule has 0 aliphatic rings. The minimum atomic E-state index is -4.60. The number of halogens is 3. The number of benzene rings is 3. The van der Waals surface area contributed by atoms with Gasteiger partial charge < -0.3 is 5.32 Å². The van der Waals surface area contributed by atoms with E-state index >= 15 is 0 Å². The third-order valence-electron chi connectivity index (χ3n) is 5.05. The van der Waals surface area contributed by atoms with Crippen molar-refractivity contribution in [1.29, 1.82) is 0 Å². The molecule has 1 aromatic heterocycles. The Balaban J connectivity index is 1.69. The number of hydrogen-bond donors (Lipinski definition) is 1. The predicted octanol–water partition coefficient (Wildman–Crippen LogP) is 5.75. The zero-order valence-electron chi connectivity index (χ0n) is 18.3. The molecule has 9 heteroatoms. The van der Waals surface area contributed by atoms with Gasteiger partial charge in [-0.3, -0.25) is 14.2 Å². The van der Waals surface area contributed by atoms with Crippen LogP contribution >= 0.6 is 11.8 Å². The van der Waals surface area contributed by atoms with Crippen LogP contribution in [0.25, 0.3) is 16.6 Å². The Hall–Kier alpha value is -3.59. The number of nitrogens with zero attached hydrogens (tertiary/aromatic N) is 2. The number of fused-ring (bicyclic) bond motifs is 1. The van der Waals surface area contributed by atoms with Crippen LogP contribution in [-0.2, 0) is 11.0 Å². The summed E-state index contributed by atoms with van der Waals surface area (Å²) in [5.74, 6) is -0.877. The highest BCUT2D eigenvalue weighted by Gasteiger charge is 2.33. The number of anilines is 1. The molecule has 4 aromatic rings. The van der Waals surface area contributed by atoms with Crippen molar-refractivity contribution in [3.05, 3.63) is 93.8 Å². The van der Waals surface area contributed by atoms with E-state index in [1.54, 1.807) is 24.3 Å². The highest BCUT2D eigenvalue weighted by molar-refractivity contribution is 7.99. The fourth-order valence-corrected chi connectivity index (χ4v) is 4.48. The number of nitrogens with one attached hydrogen (secondary N) is 1. The van der Waals surface area contributed by atoms with Crippen LogP contribution in [0.2, 0.25) is 0 Å². The monoisotopic (exact) mass is 483 g/mol. The standard InChI is InChI=1S/C25H20F3N3O2S/c1-15-11-16(2)13-17(12-15)31-23(33)18-7-3-5-9-20(18)30-24(31)34-14-22(32)29-21-10-6-4-8-19(21)25(26,27)28/h3-13H,14H2,1-2H3,(H,29,32). The molecular formula is C25H20F3N3O2S. The summed E-state index contributed by atoms with van der Waals surface area (Å²) in [6.07, 6.45) is -4.60. The molecule has 0 spiro atoms. The Labute approximate surface area is 197 Å². The third kappa shape index (κ3) is 4.99. The minimum Gasteiger partial charge on any atom is -0.325 e. The molecule has 1 amide bonds. The lowest BCUT2D eigenvalue weighted by Gasteiger charge is -2.15. The highest BCUT2D eigenvalue weighted by Crippen LogP contribution is 2.34. The summed E-state index contributed by atoms with van der Waals surface area (Å²) < 4.78 is 41.2. The molecule has 174 valence electrons. The molecule has 0 aliphatic heterocycles. The van der Waals surface area contributed by atoms with Crippen molar-refractivity contribution in [2.75, 3.05) is 11.1 Å². The van der Waals surface area contributed by atoms with Crippen LogP contribution in [0.15, 0.2) is 76.7 Å². The van der Waals surface area contributed by atoms with Gasteiger partial charge in [0.1, 0.15) is 0 Å². The highest BCUT2D eigenvalue weighted by atomic mass is 32.2. The van der Waals surface area contributed by atoms with Gasteiger partial charge >= 0.3 is 6.18 Å². The number of alkyl halides is 3. The maximum absolute atomic E-state index is 13.3. The van der Waals surface area contributed by atoms with E-state index in [9.17, 15) is 22.8 Å². The number of aryl methyl sites for hydroxylation is 2. The molecule has 0 saturated carbocycles. The largest absolute Gasteiger partial charge is 0.418 e. The second kappa shape index (κ2) is 9.34. The molecule has 0 fully saturated rings. The maximum Gasteiger partial charge on any atom is 0.418 e. The molecule has 0 unspecified atom stereocenters. The van der Waals surface area contributed by atoms with Crippen LogP contribution in [0.4, 0.5) is 18.9 Å². The van der Waals surface area contributed by atoms with Gasteiger partial charge in [0, 0.05) is 0 Å². The molecule has 5 nitrogen and oxygen atoms in total. The number of amides is 1. The second-order valence-electron chi connectivity index (χ2n) is 7.78. The normalized spacial score (nSPS) is 11.6. The number of para-hydroxylation sites is 2. The fourth-order valence-electron chi connectivity index (χ4n) is 3.67. The number of carbonyl (C=O) groups is 1. The minimum absolute atomic E-state index is 0.234. The second-order valence-corrected chi connectivity index (χ2v) is 8.72. The number of thioether (sulfide) groups is 1. The summed E-state index contributed by atoms with van der Waals surface area (Å²) in [7, 11) is 0. The number of aromatic nitrogens is 2. The molecule has 0 saturated heterocycles. The molecule has 34 heavy (non-hydrogen) atoms. The van der Waals surface area contributed by atoms with Crippen LogP contribution in [0.3, 0.4) is 0 Å². The molecular weight excluding hydrogens is 463 g/mol. The van der Waals surface area contributed by atoms with Crippen molar-refractivity contribution in [3.63, 3.8) is 0 Å². The van der Waals surface area contributed by atoms with E-state index in [2.05, 4.69) is 10.3 Å². The summed E-state index contributed by atoms with van der Waals surface area (Å²) in [6, 6.07) is 17.3. The molecule has 0 aliphatic carbocycles. The predicted molar refractivity (Wildman–Crippen MR) is 128 cm³/mol. The summed E-state index contributed by atoms with van der Waals surface area (Å²) >= 11 is 0.982. The van der Waals surface area contributed by atoms with E-state index < -0.39 is 17.6 Å². The van der Waals surface area contributed by atoms with Crippen molar-refractivity contribution in [2.24, 2.45) is 0 Å². The summed E-state index contributed by atoms with van der Waals surface area (Å²) in [5, 5.41) is 3.02. The van der Waals surface area contributed by atoms with Gasteiger partial charge in [-0.05, 0) is 61.4 Å². The Morgan fingerprint density at radius 3 is 2.35 bits per heavy atom. The van der Waals surface area contributed by atoms with Crippen LogP contribution in [0.1, 0.15) is 16.7 Å². The number of hydrogen-bond acceptors (Lipinski definition) is 4. The van der Waals surface area contributed by atoms with Gasteiger partial charge in [-0.2, -0.15) is 13.2 Å². The number of rotatable bonds is 5. The molecule has 1 N–H and O–H groups in total. The first-order valence-electron chi connectivity index (χ1n) is 10.3. The van der Waals surface area contributed by atoms with Crippen LogP contribution < -0.4 is 10.9 Å². The average molecular weight is 484 g/mol. The Kier molecular flexibility index (Phi) is 6.47. The van der Waals surface area contributed by atoms with E-state index in [1.807, 2.05) is 32.0 Å². The third-order valence-corrected chi connectivity index (χ3v) is 5.99. The van der Waals surface area contributed by atoms with Crippen molar-refractivity contribution in [1.82, 2.24) is 9.55 Å². The smallest absolute Gasteiger partial charge is 0.325 e. The lowest BCUT2D eigenvalue weighted by molar-refractivity contribution is -0.137. The van der Waals surface area contributed by atoms with Gasteiger partial charge in [0.05, 0.1) is 33.6 Å². The van der Waals surface area contributed by atoms with E-state index in [0.717, 1.165) is 29.0 Å². The van der Waals surface area contributed by atoms with Crippen LogP contribution in [0.5, 0.6) is 0 Å². The van der Waals surface area contributed by atoms with Gasteiger partial charge in [-0.25, -0.2) is 4.98 Å². The zero-order valence-corrected chi connectivity index (χ0v) is 19.1. The molecule has 0 atom stereocenters. The van der Waals surface area contributed by atoms with Crippen molar-refractivity contribution in [2.45, 2.75) is 25.2 Å². The summed E-state index contributed by atoms with van der Waals surface area (Å²) in [4.78, 5) is 30.5. The molecule has 1 heterocycles. The van der Waals surface area contributed by atoms with Gasteiger partial charge in [0.2, 0.25) is 5.91 Å². The van der Waals surface area contributed by atoms with E-state index in [1.165, 1.54) is 22.8 Å². The molecule has 0 radical (unpaired) electrons. The van der Waals surface area contributed by atoms with Crippen molar-refractivity contribution < 1.29 is 18.0 Å². The van der Waals surface area contributed by atoms with Gasteiger partial charge in [-0.1, -0.05) is 42.1 Å². The van der Waals surface area contributed by atoms with Gasteiger partial charge in [0.25, 0.3) is 5.56 Å². The van der Waals surface area contributed by atoms with E-state index in [4.69, 9.17) is 0 Å². The molecule has 3 aromatic carbocycles. The molecule has 0 bridgehead atoms. The van der Waals surface area contributed by atoms with Gasteiger partial charge in [0.15, 0.2) is 5.16 Å². The Bertz CT molecular complexity index is 1430. The Morgan fingerprint density at radius 2 is 1.65 bits per heavy atom.